The minimum absolute atomic E-state index is 0.0534. The Hall–Kier alpha value is -5.10. The second-order valence-corrected chi connectivity index (χ2v) is 12.1. The molecule has 1 aromatic heterocycles. The summed E-state index contributed by atoms with van der Waals surface area (Å²) < 4.78 is 8.13. The van der Waals surface area contributed by atoms with E-state index in [2.05, 4.69) is 86.4 Å². The molecule has 6 heteroatoms. The van der Waals surface area contributed by atoms with Crippen molar-refractivity contribution in [2.24, 2.45) is 0 Å². The SMILES string of the molecule is Cc1ccc(C2N(C(C)C)C(=O)c3c(OCc4ccccc4)c(=O)ccn3N2C(c2ccccc2C)c2ccccc2C)cc1. The van der Waals surface area contributed by atoms with Crippen LogP contribution < -0.4 is 15.2 Å². The highest BCUT2D eigenvalue weighted by atomic mass is 16.5. The summed E-state index contributed by atoms with van der Waals surface area (Å²) in [5, 5.41) is 2.25. The zero-order chi connectivity index (χ0) is 31.7. The number of carbonyl (C=O) groups excluding carboxylic acids is 1. The molecule has 0 saturated carbocycles. The van der Waals surface area contributed by atoms with E-state index in [4.69, 9.17) is 4.74 Å². The standard InChI is InChI=1S/C39H39N3O3/c1-26(2)41-38(31-21-19-27(3)20-22-31)42(35(32-17-11-9-13-28(32)4)33-18-12-10-14-29(33)5)40-24-23-34(43)37(36(40)39(41)44)45-25-30-15-7-6-8-16-30/h6-24,26,35,38H,25H2,1-5H3. The van der Waals surface area contributed by atoms with Crippen molar-refractivity contribution in [2.45, 2.75) is 59.5 Å². The van der Waals surface area contributed by atoms with E-state index in [0.29, 0.717) is 0 Å². The molecule has 0 radical (unpaired) electrons. The smallest absolute Gasteiger partial charge is 0.278 e. The number of benzene rings is 4. The molecule has 5 aromatic rings. The van der Waals surface area contributed by atoms with Gasteiger partial charge in [-0.2, -0.15) is 0 Å². The maximum absolute atomic E-state index is 14.7. The fourth-order valence-corrected chi connectivity index (χ4v) is 6.32. The quantitative estimate of drug-likeness (QED) is 0.184. The van der Waals surface area contributed by atoms with Gasteiger partial charge in [0.2, 0.25) is 5.43 Å². The van der Waals surface area contributed by atoms with E-state index in [1.807, 2.05) is 65.9 Å². The van der Waals surface area contributed by atoms with E-state index < -0.39 is 6.17 Å². The number of aryl methyl sites for hydroxylation is 3. The van der Waals surface area contributed by atoms with Crippen LogP contribution in [0.25, 0.3) is 0 Å². The van der Waals surface area contributed by atoms with Crippen LogP contribution in [0.15, 0.2) is 120 Å². The van der Waals surface area contributed by atoms with E-state index in [0.717, 1.165) is 38.9 Å². The molecule has 0 bridgehead atoms. The van der Waals surface area contributed by atoms with Gasteiger partial charge in [0.05, 0.1) is 6.04 Å². The van der Waals surface area contributed by atoms with Crippen molar-refractivity contribution < 1.29 is 9.53 Å². The number of nitrogens with zero attached hydrogens (tertiary/aromatic N) is 3. The van der Waals surface area contributed by atoms with Gasteiger partial charge in [0, 0.05) is 18.3 Å². The fourth-order valence-electron chi connectivity index (χ4n) is 6.32. The van der Waals surface area contributed by atoms with Gasteiger partial charge in [-0.25, -0.2) is 0 Å². The number of amides is 1. The van der Waals surface area contributed by atoms with Gasteiger partial charge in [0.1, 0.15) is 12.8 Å². The van der Waals surface area contributed by atoms with Gasteiger partial charge in [0.25, 0.3) is 5.91 Å². The first kappa shape index (κ1) is 29.9. The molecule has 6 nitrogen and oxygen atoms in total. The summed E-state index contributed by atoms with van der Waals surface area (Å²) in [5.74, 6) is -0.196. The second kappa shape index (κ2) is 12.5. The molecule has 1 aliphatic heterocycles. The molecular weight excluding hydrogens is 558 g/mol. The lowest BCUT2D eigenvalue weighted by Crippen LogP contribution is -2.59. The Labute approximate surface area is 265 Å². The monoisotopic (exact) mass is 597 g/mol. The molecule has 228 valence electrons. The van der Waals surface area contributed by atoms with Crippen molar-refractivity contribution in [1.82, 2.24) is 9.58 Å². The molecule has 0 spiro atoms. The summed E-state index contributed by atoms with van der Waals surface area (Å²) >= 11 is 0. The fraction of sp³-hybridized carbons (Fsp3) is 0.231. The zero-order valence-corrected chi connectivity index (χ0v) is 26.5. The van der Waals surface area contributed by atoms with Crippen LogP contribution in [0.1, 0.15) is 75.5 Å². The summed E-state index contributed by atoms with van der Waals surface area (Å²) in [5.41, 5.74) is 7.40. The topological polar surface area (TPSA) is 54.8 Å². The Morgan fingerprint density at radius 2 is 1.29 bits per heavy atom. The van der Waals surface area contributed by atoms with Crippen molar-refractivity contribution in [1.29, 1.82) is 0 Å². The average molecular weight is 598 g/mol. The Balaban J connectivity index is 1.66. The lowest BCUT2D eigenvalue weighted by atomic mass is 9.90. The molecule has 1 aliphatic rings. The number of hydrogen-bond acceptors (Lipinski definition) is 4. The van der Waals surface area contributed by atoms with Crippen molar-refractivity contribution in [3.63, 3.8) is 0 Å². The molecule has 0 fully saturated rings. The predicted molar refractivity (Wildman–Crippen MR) is 179 cm³/mol. The number of carbonyl (C=O) groups is 1. The predicted octanol–water partition coefficient (Wildman–Crippen LogP) is 7.64. The highest BCUT2D eigenvalue weighted by Gasteiger charge is 2.45. The number of ether oxygens (including phenoxy) is 1. The van der Waals surface area contributed by atoms with E-state index in [1.165, 1.54) is 6.07 Å². The minimum atomic E-state index is -0.487. The lowest BCUT2D eigenvalue weighted by Gasteiger charge is -2.52. The van der Waals surface area contributed by atoms with Crippen LogP contribution >= 0.6 is 0 Å². The van der Waals surface area contributed by atoms with Crippen LogP contribution in [0.3, 0.4) is 0 Å². The first-order chi connectivity index (χ1) is 21.8. The zero-order valence-electron chi connectivity index (χ0n) is 26.5. The maximum Gasteiger partial charge on any atom is 0.278 e. The lowest BCUT2D eigenvalue weighted by molar-refractivity contribution is 0.0457. The third kappa shape index (κ3) is 5.64. The first-order valence-electron chi connectivity index (χ1n) is 15.5. The third-order valence-corrected chi connectivity index (χ3v) is 8.62. The van der Waals surface area contributed by atoms with Crippen molar-refractivity contribution in [3.05, 3.63) is 170 Å². The summed E-state index contributed by atoms with van der Waals surface area (Å²) in [7, 11) is 0. The Morgan fingerprint density at radius 3 is 1.87 bits per heavy atom. The number of aromatic nitrogens is 1. The van der Waals surface area contributed by atoms with Crippen LogP contribution in [-0.2, 0) is 6.61 Å². The van der Waals surface area contributed by atoms with E-state index in [9.17, 15) is 9.59 Å². The molecule has 0 aliphatic carbocycles. The highest BCUT2D eigenvalue weighted by molar-refractivity contribution is 5.97. The van der Waals surface area contributed by atoms with Gasteiger partial charge >= 0.3 is 0 Å². The van der Waals surface area contributed by atoms with E-state index >= 15 is 0 Å². The van der Waals surface area contributed by atoms with Gasteiger partial charge in [-0.1, -0.05) is 109 Å². The summed E-state index contributed by atoms with van der Waals surface area (Å²) in [6.45, 7) is 10.5. The van der Waals surface area contributed by atoms with Gasteiger partial charge < -0.3 is 9.64 Å². The van der Waals surface area contributed by atoms with Crippen LogP contribution in [0, 0.1) is 20.8 Å². The normalized spacial score (nSPS) is 14.6. The molecule has 1 unspecified atom stereocenters. The molecule has 0 saturated heterocycles. The molecule has 1 atom stereocenters. The van der Waals surface area contributed by atoms with E-state index in [-0.39, 0.29) is 41.5 Å². The van der Waals surface area contributed by atoms with Crippen LogP contribution in [0.5, 0.6) is 5.75 Å². The largest absolute Gasteiger partial charge is 0.482 e. The highest BCUT2D eigenvalue weighted by Crippen LogP contribution is 2.43. The molecule has 4 aromatic carbocycles. The second-order valence-electron chi connectivity index (χ2n) is 12.1. The van der Waals surface area contributed by atoms with Gasteiger partial charge in [0.15, 0.2) is 11.4 Å². The number of fused-ring (bicyclic) bond motifs is 1. The summed E-state index contributed by atoms with van der Waals surface area (Å²) in [4.78, 5) is 30.1. The summed E-state index contributed by atoms with van der Waals surface area (Å²) in [6.07, 6.45) is 1.24. The minimum Gasteiger partial charge on any atom is -0.482 e. The molecular formula is C39H39N3O3. The third-order valence-electron chi connectivity index (χ3n) is 8.62. The average Bonchev–Trinajstić information content (AvgIpc) is 3.03. The molecule has 45 heavy (non-hydrogen) atoms. The Kier molecular flexibility index (Phi) is 8.31. The molecule has 6 rings (SSSR count). The molecule has 0 N–H and O–H groups in total. The molecule has 2 heterocycles. The number of rotatable bonds is 8. The van der Waals surface area contributed by atoms with Crippen molar-refractivity contribution >= 4 is 5.91 Å². The van der Waals surface area contributed by atoms with Gasteiger partial charge in [-0.05, 0) is 68.0 Å². The number of hydrogen-bond donors (Lipinski definition) is 0. The van der Waals surface area contributed by atoms with Crippen LogP contribution in [0.4, 0.5) is 0 Å². The molecule has 1 amide bonds. The Morgan fingerprint density at radius 1 is 0.711 bits per heavy atom. The van der Waals surface area contributed by atoms with Crippen molar-refractivity contribution in [3.8, 4) is 5.75 Å². The Bertz CT molecular complexity index is 1830. The van der Waals surface area contributed by atoms with Gasteiger partial charge in [-0.15, -0.1) is 0 Å². The first-order valence-corrected chi connectivity index (χ1v) is 15.5. The van der Waals surface area contributed by atoms with Crippen molar-refractivity contribution in [2.75, 3.05) is 5.01 Å². The van der Waals surface area contributed by atoms with Crippen LogP contribution in [-0.4, -0.2) is 21.5 Å². The van der Waals surface area contributed by atoms with Crippen LogP contribution in [0.2, 0.25) is 0 Å². The van der Waals surface area contributed by atoms with E-state index in [1.54, 1.807) is 6.20 Å². The summed E-state index contributed by atoms with van der Waals surface area (Å²) in [6, 6.07) is 35.8. The maximum atomic E-state index is 14.7. The number of pyridine rings is 1. The van der Waals surface area contributed by atoms with Gasteiger partial charge in [-0.3, -0.25) is 19.3 Å².